The lowest BCUT2D eigenvalue weighted by Crippen LogP contribution is -2.41. The standard InChI is InChI=1S/C21H20N4O6/c26-20(13-24-7-9-30-10-8-24)23-15-3-1-14(2-4-15)22-18-12-21(27)31-19-6-5-16(25(28)29)11-17(18)19/h1-6,11-12,22H,7-10,13H2,(H,23,26). The predicted octanol–water partition coefficient (Wildman–Crippen LogP) is 2.72. The second-order valence-electron chi connectivity index (χ2n) is 7.06. The van der Waals surface area contributed by atoms with E-state index in [1.54, 1.807) is 24.3 Å². The Hall–Kier alpha value is -3.76. The van der Waals surface area contributed by atoms with Crippen molar-refractivity contribution in [1.82, 2.24) is 4.90 Å². The molecule has 1 aliphatic heterocycles. The van der Waals surface area contributed by atoms with Gasteiger partial charge in [0, 0.05) is 48.0 Å². The van der Waals surface area contributed by atoms with E-state index >= 15 is 0 Å². The number of benzene rings is 2. The summed E-state index contributed by atoms with van der Waals surface area (Å²) >= 11 is 0. The van der Waals surface area contributed by atoms with Crippen LogP contribution >= 0.6 is 0 Å². The number of amides is 1. The molecule has 0 bridgehead atoms. The van der Waals surface area contributed by atoms with Crippen molar-refractivity contribution in [2.24, 2.45) is 0 Å². The molecule has 31 heavy (non-hydrogen) atoms. The summed E-state index contributed by atoms with van der Waals surface area (Å²) in [5.41, 5.74) is 1.23. The van der Waals surface area contributed by atoms with Gasteiger partial charge in [-0.25, -0.2) is 4.79 Å². The van der Waals surface area contributed by atoms with Crippen LogP contribution in [0.25, 0.3) is 11.0 Å². The zero-order chi connectivity index (χ0) is 21.8. The Bertz CT molecular complexity index is 1170. The van der Waals surface area contributed by atoms with Crippen molar-refractivity contribution in [2.45, 2.75) is 0 Å². The van der Waals surface area contributed by atoms with E-state index in [2.05, 4.69) is 10.6 Å². The third-order valence-corrected chi connectivity index (χ3v) is 4.86. The Morgan fingerprint density at radius 1 is 1.06 bits per heavy atom. The van der Waals surface area contributed by atoms with Crippen LogP contribution < -0.4 is 16.3 Å². The van der Waals surface area contributed by atoms with Gasteiger partial charge in [-0.15, -0.1) is 0 Å². The van der Waals surface area contributed by atoms with Crippen molar-refractivity contribution >= 4 is 39.6 Å². The zero-order valence-corrected chi connectivity index (χ0v) is 16.5. The molecule has 1 amide bonds. The highest BCUT2D eigenvalue weighted by atomic mass is 16.6. The number of nitrogens with zero attached hydrogens (tertiary/aromatic N) is 2. The Kier molecular flexibility index (Phi) is 5.92. The number of nitro benzene ring substituents is 1. The normalized spacial score (nSPS) is 14.3. The first kappa shape index (κ1) is 20.5. The molecular formula is C21H20N4O6. The Morgan fingerprint density at radius 3 is 2.48 bits per heavy atom. The highest BCUT2D eigenvalue weighted by Gasteiger charge is 2.15. The molecule has 160 valence electrons. The first-order valence-electron chi connectivity index (χ1n) is 9.67. The minimum Gasteiger partial charge on any atom is -0.423 e. The smallest absolute Gasteiger partial charge is 0.338 e. The molecule has 0 spiro atoms. The molecule has 1 fully saturated rings. The minimum atomic E-state index is -0.573. The number of non-ortho nitro benzene ring substituents is 1. The molecule has 0 atom stereocenters. The van der Waals surface area contributed by atoms with E-state index in [-0.39, 0.29) is 17.2 Å². The summed E-state index contributed by atoms with van der Waals surface area (Å²) in [6.07, 6.45) is 0. The zero-order valence-electron chi connectivity index (χ0n) is 16.5. The maximum atomic E-state index is 12.2. The fourth-order valence-corrected chi connectivity index (χ4v) is 3.32. The molecule has 2 heterocycles. The van der Waals surface area contributed by atoms with Crippen molar-refractivity contribution in [3.63, 3.8) is 0 Å². The molecule has 0 saturated carbocycles. The quantitative estimate of drug-likeness (QED) is 0.351. The van der Waals surface area contributed by atoms with E-state index in [0.29, 0.717) is 42.2 Å². The number of ether oxygens (including phenoxy) is 1. The number of hydrogen-bond donors (Lipinski definition) is 2. The van der Waals surface area contributed by atoms with Gasteiger partial charge < -0.3 is 19.8 Å². The van der Waals surface area contributed by atoms with Crippen LogP contribution in [-0.4, -0.2) is 48.6 Å². The van der Waals surface area contributed by atoms with E-state index in [0.717, 1.165) is 13.1 Å². The number of carbonyl (C=O) groups is 1. The molecule has 1 aliphatic rings. The summed E-state index contributed by atoms with van der Waals surface area (Å²) < 4.78 is 10.4. The van der Waals surface area contributed by atoms with E-state index in [9.17, 15) is 19.7 Å². The van der Waals surface area contributed by atoms with Crippen LogP contribution in [0, 0.1) is 10.1 Å². The van der Waals surface area contributed by atoms with E-state index in [4.69, 9.17) is 9.15 Å². The SMILES string of the molecule is O=C(CN1CCOCC1)Nc1ccc(Nc2cc(=O)oc3ccc([N+](=O)[O-])cc23)cc1. The maximum absolute atomic E-state index is 12.2. The van der Waals surface area contributed by atoms with Crippen LogP contribution in [0.4, 0.5) is 22.7 Å². The van der Waals surface area contributed by atoms with Crippen LogP contribution in [0.1, 0.15) is 0 Å². The van der Waals surface area contributed by atoms with Gasteiger partial charge in [0.05, 0.1) is 30.4 Å². The molecule has 2 aromatic carbocycles. The molecule has 0 radical (unpaired) electrons. The number of carbonyl (C=O) groups excluding carboxylic acids is 1. The number of nitrogens with one attached hydrogen (secondary N) is 2. The molecule has 3 aromatic rings. The second-order valence-corrected chi connectivity index (χ2v) is 7.06. The summed E-state index contributed by atoms with van der Waals surface area (Å²) in [5, 5.41) is 17.4. The monoisotopic (exact) mass is 424 g/mol. The molecule has 0 unspecified atom stereocenters. The van der Waals surface area contributed by atoms with Crippen LogP contribution in [-0.2, 0) is 9.53 Å². The van der Waals surface area contributed by atoms with Gasteiger partial charge in [-0.3, -0.25) is 19.8 Å². The lowest BCUT2D eigenvalue weighted by atomic mass is 10.1. The molecule has 10 heteroatoms. The molecular weight excluding hydrogens is 404 g/mol. The molecule has 10 nitrogen and oxygen atoms in total. The first-order chi connectivity index (χ1) is 15.0. The number of nitro groups is 1. The minimum absolute atomic E-state index is 0.109. The average molecular weight is 424 g/mol. The predicted molar refractivity (Wildman–Crippen MR) is 115 cm³/mol. The number of hydrogen-bond acceptors (Lipinski definition) is 8. The van der Waals surface area contributed by atoms with E-state index < -0.39 is 10.5 Å². The van der Waals surface area contributed by atoms with Crippen LogP contribution in [0.5, 0.6) is 0 Å². The van der Waals surface area contributed by atoms with Crippen LogP contribution in [0.3, 0.4) is 0 Å². The molecule has 0 aliphatic carbocycles. The molecule has 4 rings (SSSR count). The lowest BCUT2D eigenvalue weighted by molar-refractivity contribution is -0.384. The first-order valence-corrected chi connectivity index (χ1v) is 9.67. The van der Waals surface area contributed by atoms with Gasteiger partial charge in [0.2, 0.25) is 5.91 Å². The molecule has 1 saturated heterocycles. The van der Waals surface area contributed by atoms with Gasteiger partial charge in [0.1, 0.15) is 5.58 Å². The third-order valence-electron chi connectivity index (χ3n) is 4.86. The van der Waals surface area contributed by atoms with Crippen LogP contribution in [0.2, 0.25) is 0 Å². The fourth-order valence-electron chi connectivity index (χ4n) is 3.32. The van der Waals surface area contributed by atoms with Gasteiger partial charge in [-0.2, -0.15) is 0 Å². The topological polar surface area (TPSA) is 127 Å². The van der Waals surface area contributed by atoms with Gasteiger partial charge in [0.25, 0.3) is 5.69 Å². The van der Waals surface area contributed by atoms with Gasteiger partial charge in [-0.05, 0) is 30.3 Å². The van der Waals surface area contributed by atoms with Crippen molar-refractivity contribution in [3.05, 3.63) is 69.1 Å². The third kappa shape index (κ3) is 5.05. The highest BCUT2D eigenvalue weighted by Crippen LogP contribution is 2.28. The number of morpholine rings is 1. The van der Waals surface area contributed by atoms with Gasteiger partial charge >= 0.3 is 5.63 Å². The van der Waals surface area contributed by atoms with Crippen molar-refractivity contribution in [3.8, 4) is 0 Å². The Labute approximate surface area is 176 Å². The fraction of sp³-hybridized carbons (Fsp3) is 0.238. The lowest BCUT2D eigenvalue weighted by Gasteiger charge is -2.25. The van der Waals surface area contributed by atoms with Crippen LogP contribution in [0.15, 0.2) is 57.7 Å². The summed E-state index contributed by atoms with van der Waals surface area (Å²) in [5.74, 6) is -0.110. The average Bonchev–Trinajstić information content (AvgIpc) is 2.75. The van der Waals surface area contributed by atoms with Crippen molar-refractivity contribution in [1.29, 1.82) is 0 Å². The Morgan fingerprint density at radius 2 is 1.77 bits per heavy atom. The largest absolute Gasteiger partial charge is 0.423 e. The van der Waals surface area contributed by atoms with Crippen molar-refractivity contribution in [2.75, 3.05) is 43.5 Å². The molecule has 1 aromatic heterocycles. The van der Waals surface area contributed by atoms with Gasteiger partial charge in [0.15, 0.2) is 0 Å². The summed E-state index contributed by atoms with van der Waals surface area (Å²) in [6, 6.07) is 12.2. The molecule has 2 N–H and O–H groups in total. The Balaban J connectivity index is 1.48. The highest BCUT2D eigenvalue weighted by molar-refractivity contribution is 5.94. The summed E-state index contributed by atoms with van der Waals surface area (Å²) in [7, 11) is 0. The van der Waals surface area contributed by atoms with Gasteiger partial charge in [-0.1, -0.05) is 0 Å². The second kappa shape index (κ2) is 8.94. The number of rotatable bonds is 6. The van der Waals surface area contributed by atoms with E-state index in [1.165, 1.54) is 24.3 Å². The van der Waals surface area contributed by atoms with Crippen molar-refractivity contribution < 1.29 is 18.9 Å². The van der Waals surface area contributed by atoms with E-state index in [1.807, 2.05) is 4.90 Å². The number of anilines is 3. The maximum Gasteiger partial charge on any atom is 0.338 e. The summed E-state index contributed by atoms with van der Waals surface area (Å²) in [4.78, 5) is 36.7. The summed E-state index contributed by atoms with van der Waals surface area (Å²) in [6.45, 7) is 3.02. The number of fused-ring (bicyclic) bond motifs is 1.